The third-order valence-electron chi connectivity index (χ3n) is 2.18. The Labute approximate surface area is 87.0 Å². The zero-order chi connectivity index (χ0) is 9.47. The van der Waals surface area contributed by atoms with Gasteiger partial charge in [0.25, 0.3) is 0 Å². The van der Waals surface area contributed by atoms with Gasteiger partial charge in [-0.3, -0.25) is 0 Å². The molecule has 0 saturated heterocycles. The minimum Gasteiger partial charge on any atom is -0.376 e. The third-order valence-corrected chi connectivity index (χ3v) is 2.87. The summed E-state index contributed by atoms with van der Waals surface area (Å²) in [6.45, 7) is 4.32. The Bertz CT molecular complexity index is 366. The first-order chi connectivity index (χ1) is 6.08. The molecule has 0 spiro atoms. The van der Waals surface area contributed by atoms with Crippen molar-refractivity contribution in [3.05, 3.63) is 34.3 Å². The summed E-state index contributed by atoms with van der Waals surface area (Å²) in [4.78, 5) is 0. The quantitative estimate of drug-likeness (QED) is 0.727. The first-order valence-electron chi connectivity index (χ1n) is 4.34. The van der Waals surface area contributed by atoms with Crippen LogP contribution in [0.5, 0.6) is 0 Å². The first kappa shape index (κ1) is 8.82. The molecular formula is C11H12BrN. The molecule has 1 aromatic carbocycles. The Kier molecular flexibility index (Phi) is 1.95. The highest BCUT2D eigenvalue weighted by Gasteiger charge is 2.19. The SMILES string of the molecule is CC1(C)C=Cc2c(Br)cccc2N1. The number of nitrogens with one attached hydrogen (secondary N) is 1. The highest BCUT2D eigenvalue weighted by atomic mass is 79.9. The fourth-order valence-electron chi connectivity index (χ4n) is 1.50. The van der Waals surface area contributed by atoms with Gasteiger partial charge < -0.3 is 5.32 Å². The molecule has 0 amide bonds. The van der Waals surface area contributed by atoms with Gasteiger partial charge in [0.15, 0.2) is 0 Å². The topological polar surface area (TPSA) is 12.0 Å². The molecular weight excluding hydrogens is 226 g/mol. The number of fused-ring (bicyclic) bond motifs is 1. The Hall–Kier alpha value is -0.760. The lowest BCUT2D eigenvalue weighted by molar-refractivity contribution is 0.711. The van der Waals surface area contributed by atoms with E-state index in [-0.39, 0.29) is 5.54 Å². The van der Waals surface area contributed by atoms with E-state index in [0.29, 0.717) is 0 Å². The van der Waals surface area contributed by atoms with Crippen molar-refractivity contribution in [2.24, 2.45) is 0 Å². The molecule has 0 atom stereocenters. The fraction of sp³-hybridized carbons (Fsp3) is 0.273. The van der Waals surface area contributed by atoms with Crippen LogP contribution in [0.15, 0.2) is 28.7 Å². The van der Waals surface area contributed by atoms with Gasteiger partial charge in [-0.2, -0.15) is 0 Å². The predicted octanol–water partition coefficient (Wildman–Crippen LogP) is 3.67. The predicted molar refractivity (Wildman–Crippen MR) is 60.9 cm³/mol. The van der Waals surface area contributed by atoms with E-state index in [4.69, 9.17) is 0 Å². The van der Waals surface area contributed by atoms with E-state index in [1.54, 1.807) is 0 Å². The molecule has 0 aliphatic carbocycles. The van der Waals surface area contributed by atoms with Gasteiger partial charge in [0.1, 0.15) is 0 Å². The van der Waals surface area contributed by atoms with Crippen LogP contribution in [0, 0.1) is 0 Å². The van der Waals surface area contributed by atoms with E-state index >= 15 is 0 Å². The van der Waals surface area contributed by atoms with Crippen molar-refractivity contribution in [2.45, 2.75) is 19.4 Å². The zero-order valence-corrected chi connectivity index (χ0v) is 9.35. The lowest BCUT2D eigenvalue weighted by Crippen LogP contribution is -2.30. The highest BCUT2D eigenvalue weighted by Crippen LogP contribution is 2.32. The molecule has 0 radical (unpaired) electrons. The maximum atomic E-state index is 3.53. The molecule has 1 nitrogen and oxygen atoms in total. The largest absolute Gasteiger partial charge is 0.376 e. The van der Waals surface area contributed by atoms with E-state index < -0.39 is 0 Å². The fourth-order valence-corrected chi connectivity index (χ4v) is 1.99. The number of anilines is 1. The second-order valence-corrected chi connectivity index (χ2v) is 4.74. The van der Waals surface area contributed by atoms with Crippen LogP contribution in [-0.2, 0) is 0 Å². The minimum absolute atomic E-state index is 0.0633. The number of halogens is 1. The van der Waals surface area contributed by atoms with Crippen LogP contribution in [-0.4, -0.2) is 5.54 Å². The van der Waals surface area contributed by atoms with Crippen molar-refractivity contribution < 1.29 is 0 Å². The van der Waals surface area contributed by atoms with Gasteiger partial charge in [-0.1, -0.05) is 34.1 Å². The summed E-state index contributed by atoms with van der Waals surface area (Å²) < 4.78 is 1.14. The number of benzene rings is 1. The summed E-state index contributed by atoms with van der Waals surface area (Å²) in [6.07, 6.45) is 4.34. The van der Waals surface area contributed by atoms with Crippen LogP contribution in [0.25, 0.3) is 6.08 Å². The Morgan fingerprint density at radius 1 is 1.31 bits per heavy atom. The van der Waals surface area contributed by atoms with Gasteiger partial charge in [0.2, 0.25) is 0 Å². The van der Waals surface area contributed by atoms with E-state index in [1.165, 1.54) is 11.3 Å². The Morgan fingerprint density at radius 3 is 2.85 bits per heavy atom. The molecule has 0 unspecified atom stereocenters. The van der Waals surface area contributed by atoms with Crippen LogP contribution in [0.3, 0.4) is 0 Å². The number of hydrogen-bond acceptors (Lipinski definition) is 1. The highest BCUT2D eigenvalue weighted by molar-refractivity contribution is 9.10. The van der Waals surface area contributed by atoms with Crippen molar-refractivity contribution >= 4 is 27.7 Å². The molecule has 0 bridgehead atoms. The molecule has 0 saturated carbocycles. The molecule has 1 N–H and O–H groups in total. The van der Waals surface area contributed by atoms with Crippen LogP contribution in [0.4, 0.5) is 5.69 Å². The molecule has 1 aliphatic rings. The smallest absolute Gasteiger partial charge is 0.0503 e. The van der Waals surface area contributed by atoms with Crippen LogP contribution < -0.4 is 5.32 Å². The number of rotatable bonds is 0. The molecule has 1 aliphatic heterocycles. The van der Waals surface area contributed by atoms with E-state index in [1.807, 2.05) is 6.07 Å². The van der Waals surface area contributed by atoms with Crippen molar-refractivity contribution in [1.82, 2.24) is 0 Å². The second kappa shape index (κ2) is 2.88. The van der Waals surface area contributed by atoms with E-state index in [2.05, 4.69) is 59.4 Å². The van der Waals surface area contributed by atoms with Gasteiger partial charge in [-0.05, 0) is 26.0 Å². The molecule has 68 valence electrons. The molecule has 0 aromatic heterocycles. The van der Waals surface area contributed by atoms with Crippen molar-refractivity contribution in [3.8, 4) is 0 Å². The normalized spacial score (nSPS) is 17.8. The second-order valence-electron chi connectivity index (χ2n) is 3.88. The van der Waals surface area contributed by atoms with Crippen LogP contribution in [0.2, 0.25) is 0 Å². The zero-order valence-electron chi connectivity index (χ0n) is 7.76. The minimum atomic E-state index is 0.0633. The summed E-state index contributed by atoms with van der Waals surface area (Å²) in [6, 6.07) is 6.21. The lowest BCUT2D eigenvalue weighted by Gasteiger charge is -2.29. The average Bonchev–Trinajstić information content (AvgIpc) is 2.02. The monoisotopic (exact) mass is 237 g/mol. The molecule has 13 heavy (non-hydrogen) atoms. The van der Waals surface area contributed by atoms with Gasteiger partial charge in [-0.25, -0.2) is 0 Å². The van der Waals surface area contributed by atoms with Crippen LogP contribution >= 0.6 is 15.9 Å². The summed E-state index contributed by atoms with van der Waals surface area (Å²) in [5, 5.41) is 3.46. The molecule has 2 heteroatoms. The van der Waals surface area contributed by atoms with Gasteiger partial charge >= 0.3 is 0 Å². The van der Waals surface area contributed by atoms with Crippen molar-refractivity contribution in [1.29, 1.82) is 0 Å². The van der Waals surface area contributed by atoms with Crippen LogP contribution in [0.1, 0.15) is 19.4 Å². The van der Waals surface area contributed by atoms with Crippen molar-refractivity contribution in [3.63, 3.8) is 0 Å². The summed E-state index contributed by atoms with van der Waals surface area (Å²) in [5.41, 5.74) is 2.50. The molecule has 2 rings (SSSR count). The number of hydrogen-bond donors (Lipinski definition) is 1. The lowest BCUT2D eigenvalue weighted by atomic mass is 9.97. The first-order valence-corrected chi connectivity index (χ1v) is 5.14. The van der Waals surface area contributed by atoms with E-state index in [9.17, 15) is 0 Å². The van der Waals surface area contributed by atoms with Crippen molar-refractivity contribution in [2.75, 3.05) is 5.32 Å². The maximum absolute atomic E-state index is 3.53. The van der Waals surface area contributed by atoms with Gasteiger partial charge in [0.05, 0.1) is 5.54 Å². The standard InChI is InChI=1S/C11H12BrN/c1-11(2)7-6-8-9(12)4-3-5-10(8)13-11/h3-7,13H,1-2H3. The molecule has 1 aromatic rings. The average molecular weight is 238 g/mol. The summed E-state index contributed by atoms with van der Waals surface area (Å²) in [5.74, 6) is 0. The summed E-state index contributed by atoms with van der Waals surface area (Å²) >= 11 is 3.53. The summed E-state index contributed by atoms with van der Waals surface area (Å²) in [7, 11) is 0. The Morgan fingerprint density at radius 2 is 2.08 bits per heavy atom. The Balaban J connectivity index is 2.53. The maximum Gasteiger partial charge on any atom is 0.0503 e. The third kappa shape index (κ3) is 1.63. The molecule has 0 fully saturated rings. The van der Waals surface area contributed by atoms with E-state index in [0.717, 1.165) is 4.47 Å². The molecule has 1 heterocycles. The van der Waals surface area contributed by atoms with Gasteiger partial charge in [-0.15, -0.1) is 0 Å². The van der Waals surface area contributed by atoms with Gasteiger partial charge in [0, 0.05) is 15.7 Å².